The molecule has 7 heteroatoms. The van der Waals surface area contributed by atoms with E-state index in [2.05, 4.69) is 10.6 Å². The van der Waals surface area contributed by atoms with Crippen molar-refractivity contribution in [1.82, 2.24) is 0 Å². The van der Waals surface area contributed by atoms with Crippen LogP contribution < -0.4 is 15.4 Å². The van der Waals surface area contributed by atoms with E-state index in [1.54, 1.807) is 42.5 Å². The lowest BCUT2D eigenvalue weighted by atomic mass is 10.0. The Kier molecular flexibility index (Phi) is 5.37. The first-order chi connectivity index (χ1) is 12.8. The SMILES string of the molecule is CC(=O)OCC1(C)C=Cc2cc(NC(=O)Nc3cccc(Cl)c3)ccc2O1. The van der Waals surface area contributed by atoms with Crippen molar-refractivity contribution in [3.63, 3.8) is 0 Å². The number of esters is 1. The van der Waals surface area contributed by atoms with Crippen LogP contribution in [0.5, 0.6) is 5.75 Å². The molecule has 1 aliphatic heterocycles. The number of ether oxygens (including phenoxy) is 2. The summed E-state index contributed by atoms with van der Waals surface area (Å²) in [5, 5.41) is 6.03. The first-order valence-corrected chi connectivity index (χ1v) is 8.70. The lowest BCUT2D eigenvalue weighted by Gasteiger charge is -2.31. The summed E-state index contributed by atoms with van der Waals surface area (Å²) < 4.78 is 11.0. The first-order valence-electron chi connectivity index (χ1n) is 8.32. The fourth-order valence-corrected chi connectivity index (χ4v) is 2.77. The van der Waals surface area contributed by atoms with Crippen LogP contribution in [-0.2, 0) is 9.53 Å². The fourth-order valence-electron chi connectivity index (χ4n) is 2.58. The summed E-state index contributed by atoms with van der Waals surface area (Å²) in [6, 6.07) is 11.8. The highest BCUT2D eigenvalue weighted by Crippen LogP contribution is 2.33. The smallest absolute Gasteiger partial charge is 0.323 e. The van der Waals surface area contributed by atoms with Gasteiger partial charge in [-0.15, -0.1) is 0 Å². The van der Waals surface area contributed by atoms with Gasteiger partial charge in [0, 0.05) is 28.9 Å². The molecule has 0 saturated heterocycles. The maximum atomic E-state index is 12.2. The molecule has 27 heavy (non-hydrogen) atoms. The van der Waals surface area contributed by atoms with E-state index in [-0.39, 0.29) is 18.6 Å². The Morgan fingerprint density at radius 3 is 2.59 bits per heavy atom. The van der Waals surface area contributed by atoms with E-state index >= 15 is 0 Å². The van der Waals surface area contributed by atoms with Gasteiger partial charge in [-0.3, -0.25) is 4.79 Å². The molecule has 0 aliphatic carbocycles. The van der Waals surface area contributed by atoms with Crippen molar-refractivity contribution in [3.8, 4) is 5.75 Å². The number of hydrogen-bond donors (Lipinski definition) is 2. The van der Waals surface area contributed by atoms with Gasteiger partial charge in [0.15, 0.2) is 5.60 Å². The zero-order valence-electron chi connectivity index (χ0n) is 14.9. The van der Waals surface area contributed by atoms with Crippen LogP contribution in [0.2, 0.25) is 5.02 Å². The van der Waals surface area contributed by atoms with Crippen LogP contribution >= 0.6 is 11.6 Å². The Hall–Kier alpha value is -2.99. The highest BCUT2D eigenvalue weighted by molar-refractivity contribution is 6.30. The minimum Gasteiger partial charge on any atom is -0.479 e. The largest absolute Gasteiger partial charge is 0.479 e. The third kappa shape index (κ3) is 5.01. The van der Waals surface area contributed by atoms with E-state index in [1.807, 2.05) is 19.1 Å². The predicted molar refractivity (Wildman–Crippen MR) is 105 cm³/mol. The molecule has 0 saturated carbocycles. The van der Waals surface area contributed by atoms with Gasteiger partial charge in [-0.2, -0.15) is 0 Å². The van der Waals surface area contributed by atoms with Gasteiger partial charge in [-0.05, 0) is 49.4 Å². The second-order valence-electron chi connectivity index (χ2n) is 6.37. The monoisotopic (exact) mass is 386 g/mol. The average Bonchev–Trinajstić information content (AvgIpc) is 2.60. The molecule has 0 fully saturated rings. The maximum Gasteiger partial charge on any atom is 0.323 e. The number of halogens is 1. The zero-order chi connectivity index (χ0) is 19.4. The number of benzene rings is 2. The van der Waals surface area contributed by atoms with Crippen LogP contribution in [-0.4, -0.2) is 24.2 Å². The van der Waals surface area contributed by atoms with Gasteiger partial charge in [0.25, 0.3) is 0 Å². The minimum atomic E-state index is -0.725. The lowest BCUT2D eigenvalue weighted by Crippen LogP contribution is -2.37. The number of hydrogen-bond acceptors (Lipinski definition) is 4. The summed E-state index contributed by atoms with van der Waals surface area (Å²) in [6.45, 7) is 3.32. The summed E-state index contributed by atoms with van der Waals surface area (Å²) in [5.41, 5.74) is 1.31. The molecule has 0 bridgehead atoms. The van der Waals surface area contributed by atoms with Crippen molar-refractivity contribution in [1.29, 1.82) is 0 Å². The third-order valence-electron chi connectivity index (χ3n) is 3.87. The molecule has 140 valence electrons. The standard InChI is InChI=1S/C20H19ClN2O4/c1-13(24)26-12-20(2)9-8-14-10-17(6-7-18(14)27-20)23-19(25)22-16-5-3-4-15(21)11-16/h3-11H,12H2,1-2H3,(H2,22,23,25). The number of nitrogens with one attached hydrogen (secondary N) is 2. The second kappa shape index (κ2) is 7.72. The van der Waals surface area contributed by atoms with Crippen molar-refractivity contribution in [2.24, 2.45) is 0 Å². The van der Waals surface area contributed by atoms with Gasteiger partial charge in [-0.25, -0.2) is 4.79 Å². The zero-order valence-corrected chi connectivity index (χ0v) is 15.7. The number of anilines is 2. The molecule has 2 aromatic rings. The van der Waals surface area contributed by atoms with Crippen molar-refractivity contribution in [2.45, 2.75) is 19.4 Å². The molecular weight excluding hydrogens is 368 g/mol. The molecule has 3 rings (SSSR count). The van der Waals surface area contributed by atoms with Gasteiger partial charge in [0.1, 0.15) is 12.4 Å². The Morgan fingerprint density at radius 1 is 1.15 bits per heavy atom. The summed E-state index contributed by atoms with van der Waals surface area (Å²) in [6.07, 6.45) is 3.70. The van der Waals surface area contributed by atoms with E-state index in [1.165, 1.54) is 6.92 Å². The highest BCUT2D eigenvalue weighted by Gasteiger charge is 2.29. The predicted octanol–water partition coefficient (Wildman–Crippen LogP) is 4.71. The fraction of sp³-hybridized carbons (Fsp3) is 0.200. The van der Waals surface area contributed by atoms with E-state index in [4.69, 9.17) is 21.1 Å². The first kappa shape index (κ1) is 18.8. The Bertz CT molecular complexity index is 913. The Morgan fingerprint density at radius 2 is 1.89 bits per heavy atom. The summed E-state index contributed by atoms with van der Waals surface area (Å²) in [5.74, 6) is 0.289. The molecule has 0 spiro atoms. The van der Waals surface area contributed by atoms with E-state index in [0.717, 1.165) is 5.56 Å². The molecule has 2 aromatic carbocycles. The van der Waals surface area contributed by atoms with E-state index in [9.17, 15) is 9.59 Å². The summed E-state index contributed by atoms with van der Waals surface area (Å²) in [7, 11) is 0. The molecule has 6 nitrogen and oxygen atoms in total. The van der Waals surface area contributed by atoms with Crippen molar-refractivity contribution in [3.05, 3.63) is 59.1 Å². The molecule has 0 radical (unpaired) electrons. The molecule has 2 amide bonds. The Labute approximate surface area is 162 Å². The molecule has 1 aliphatic rings. The highest BCUT2D eigenvalue weighted by atomic mass is 35.5. The molecule has 2 N–H and O–H groups in total. The summed E-state index contributed by atoms with van der Waals surface area (Å²) >= 11 is 5.91. The Balaban J connectivity index is 1.66. The molecule has 1 unspecified atom stereocenters. The van der Waals surface area contributed by atoms with Gasteiger partial charge >= 0.3 is 12.0 Å². The molecule has 0 aromatic heterocycles. The van der Waals surface area contributed by atoms with E-state index in [0.29, 0.717) is 22.1 Å². The molecule has 1 heterocycles. The normalized spacial score (nSPS) is 17.4. The van der Waals surface area contributed by atoms with Gasteiger partial charge in [0.2, 0.25) is 0 Å². The van der Waals surface area contributed by atoms with Crippen LogP contribution in [0.1, 0.15) is 19.4 Å². The maximum absolute atomic E-state index is 12.2. The number of carbonyl (C=O) groups is 2. The van der Waals surface area contributed by atoms with Crippen molar-refractivity contribution in [2.75, 3.05) is 17.2 Å². The minimum absolute atomic E-state index is 0.125. The van der Waals surface area contributed by atoms with Crippen molar-refractivity contribution < 1.29 is 19.1 Å². The van der Waals surface area contributed by atoms with Crippen LogP contribution in [0, 0.1) is 0 Å². The van der Waals surface area contributed by atoms with E-state index < -0.39 is 5.60 Å². The van der Waals surface area contributed by atoms with Crippen LogP contribution in [0.4, 0.5) is 16.2 Å². The lowest BCUT2D eigenvalue weighted by molar-refractivity contribution is -0.145. The van der Waals surface area contributed by atoms with Crippen LogP contribution in [0.3, 0.4) is 0 Å². The summed E-state index contributed by atoms with van der Waals surface area (Å²) in [4.78, 5) is 23.2. The second-order valence-corrected chi connectivity index (χ2v) is 6.81. The van der Waals surface area contributed by atoms with Crippen molar-refractivity contribution >= 4 is 41.1 Å². The number of amides is 2. The van der Waals surface area contributed by atoms with Crippen LogP contribution in [0.15, 0.2) is 48.5 Å². The number of carbonyl (C=O) groups excluding carboxylic acids is 2. The average molecular weight is 387 g/mol. The number of rotatable bonds is 4. The quantitative estimate of drug-likeness (QED) is 0.746. The molecular formula is C20H19ClN2O4. The van der Waals surface area contributed by atoms with Gasteiger partial charge in [0.05, 0.1) is 0 Å². The van der Waals surface area contributed by atoms with Gasteiger partial charge in [-0.1, -0.05) is 23.7 Å². The number of urea groups is 1. The topological polar surface area (TPSA) is 76.7 Å². The third-order valence-corrected chi connectivity index (χ3v) is 4.11. The number of fused-ring (bicyclic) bond motifs is 1. The van der Waals surface area contributed by atoms with Crippen LogP contribution in [0.25, 0.3) is 6.08 Å². The molecule has 1 atom stereocenters. The van der Waals surface area contributed by atoms with Gasteiger partial charge < -0.3 is 20.1 Å².